The maximum absolute atomic E-state index is 12.8. The molecule has 0 unspecified atom stereocenters. The largest absolute Gasteiger partial charge is 0.493 e. The van der Waals surface area contributed by atoms with Crippen LogP contribution in [0.25, 0.3) is 6.08 Å². The molecular weight excluding hydrogens is 471 g/mol. The van der Waals surface area contributed by atoms with Crippen LogP contribution < -0.4 is 9.47 Å². The van der Waals surface area contributed by atoms with Crippen LogP contribution in [0.4, 0.5) is 13.2 Å². The molecule has 1 heterocycles. The lowest BCUT2D eigenvalue weighted by Crippen LogP contribution is -2.08. The van der Waals surface area contributed by atoms with E-state index in [1.807, 2.05) is 18.2 Å². The Balaban J connectivity index is 1.53. The number of carbonyl (C=O) groups excluding carboxylic acids is 1. The van der Waals surface area contributed by atoms with Crippen molar-refractivity contribution in [1.29, 1.82) is 0 Å². The third kappa shape index (κ3) is 5.23. The number of halogens is 4. The standard InChI is InChI=1S/C25H17ClF3NO4/c1-32-22-13-15(6-11-21(22)33-14-17-4-2-3-5-19(17)26)12-20-24(31)34-23(30-20)16-7-9-18(10-8-16)25(27,28)29/h2-13H,14H2,1H3. The van der Waals surface area contributed by atoms with Gasteiger partial charge >= 0.3 is 12.1 Å². The van der Waals surface area contributed by atoms with Crippen molar-refractivity contribution in [3.05, 3.63) is 99.7 Å². The second-order valence-corrected chi connectivity index (χ2v) is 7.61. The number of ether oxygens (including phenoxy) is 3. The van der Waals surface area contributed by atoms with E-state index in [-0.39, 0.29) is 23.8 Å². The molecule has 5 nitrogen and oxygen atoms in total. The van der Waals surface area contributed by atoms with Crippen molar-refractivity contribution in [1.82, 2.24) is 0 Å². The lowest BCUT2D eigenvalue weighted by Gasteiger charge is -2.12. The highest BCUT2D eigenvalue weighted by atomic mass is 35.5. The van der Waals surface area contributed by atoms with E-state index in [0.29, 0.717) is 22.1 Å². The molecule has 1 aliphatic rings. The predicted octanol–water partition coefficient (Wildman–Crippen LogP) is 6.29. The molecule has 3 aromatic carbocycles. The first-order chi connectivity index (χ1) is 16.2. The highest BCUT2D eigenvalue weighted by Gasteiger charge is 2.31. The van der Waals surface area contributed by atoms with Gasteiger partial charge in [-0.05, 0) is 54.1 Å². The Morgan fingerprint density at radius 1 is 1.03 bits per heavy atom. The van der Waals surface area contributed by atoms with Crippen LogP contribution in [0.5, 0.6) is 11.5 Å². The van der Waals surface area contributed by atoms with Crippen LogP contribution in [0.2, 0.25) is 5.02 Å². The zero-order chi connectivity index (χ0) is 24.3. The summed E-state index contributed by atoms with van der Waals surface area (Å²) < 4.78 is 54.6. The summed E-state index contributed by atoms with van der Waals surface area (Å²) in [6.07, 6.45) is -2.97. The van der Waals surface area contributed by atoms with Crippen molar-refractivity contribution in [3.63, 3.8) is 0 Å². The molecule has 0 saturated heterocycles. The molecule has 3 aromatic rings. The molecular formula is C25H17ClF3NO4. The molecule has 0 N–H and O–H groups in total. The van der Waals surface area contributed by atoms with Gasteiger partial charge in [-0.2, -0.15) is 13.2 Å². The average Bonchev–Trinajstić information content (AvgIpc) is 3.18. The zero-order valence-corrected chi connectivity index (χ0v) is 18.5. The highest BCUT2D eigenvalue weighted by molar-refractivity contribution is 6.31. The third-order valence-corrected chi connectivity index (χ3v) is 5.28. The van der Waals surface area contributed by atoms with Gasteiger partial charge in [0.1, 0.15) is 6.61 Å². The van der Waals surface area contributed by atoms with Gasteiger partial charge in [0.05, 0.1) is 12.7 Å². The first-order valence-corrected chi connectivity index (χ1v) is 10.4. The summed E-state index contributed by atoms with van der Waals surface area (Å²) in [6, 6.07) is 16.6. The summed E-state index contributed by atoms with van der Waals surface area (Å²) in [4.78, 5) is 16.4. The maximum Gasteiger partial charge on any atom is 0.416 e. The molecule has 0 atom stereocenters. The Morgan fingerprint density at radius 2 is 1.76 bits per heavy atom. The number of rotatable bonds is 6. The number of hydrogen-bond acceptors (Lipinski definition) is 5. The summed E-state index contributed by atoms with van der Waals surface area (Å²) in [7, 11) is 1.49. The van der Waals surface area contributed by atoms with Crippen LogP contribution in [0.3, 0.4) is 0 Å². The SMILES string of the molecule is COc1cc(C=C2N=C(c3ccc(C(F)(F)F)cc3)OC2=O)ccc1OCc1ccccc1Cl. The molecule has 34 heavy (non-hydrogen) atoms. The van der Waals surface area contributed by atoms with Gasteiger partial charge in [-0.15, -0.1) is 0 Å². The van der Waals surface area contributed by atoms with Gasteiger partial charge in [-0.25, -0.2) is 9.79 Å². The number of nitrogens with zero attached hydrogens (tertiary/aromatic N) is 1. The van der Waals surface area contributed by atoms with Crippen molar-refractivity contribution in [3.8, 4) is 11.5 Å². The van der Waals surface area contributed by atoms with Crippen LogP contribution in [-0.2, 0) is 22.3 Å². The average molecular weight is 488 g/mol. The van der Waals surface area contributed by atoms with Gasteiger partial charge in [0.25, 0.3) is 0 Å². The Hall–Kier alpha value is -3.78. The Bertz CT molecular complexity index is 1280. The monoisotopic (exact) mass is 487 g/mol. The Kier molecular flexibility index (Phi) is 6.61. The van der Waals surface area contributed by atoms with Crippen LogP contribution in [-0.4, -0.2) is 19.0 Å². The molecule has 0 saturated carbocycles. The molecule has 0 bridgehead atoms. The van der Waals surface area contributed by atoms with Crippen molar-refractivity contribution < 1.29 is 32.2 Å². The van der Waals surface area contributed by atoms with E-state index in [0.717, 1.165) is 17.7 Å². The van der Waals surface area contributed by atoms with Crippen LogP contribution >= 0.6 is 11.6 Å². The summed E-state index contributed by atoms with van der Waals surface area (Å²) in [5.74, 6) is 0.122. The molecule has 0 radical (unpaired) electrons. The zero-order valence-electron chi connectivity index (χ0n) is 17.7. The molecule has 174 valence electrons. The molecule has 4 rings (SSSR count). The lowest BCUT2D eigenvalue weighted by atomic mass is 10.1. The molecule has 9 heteroatoms. The van der Waals surface area contributed by atoms with E-state index in [2.05, 4.69) is 4.99 Å². The van der Waals surface area contributed by atoms with Crippen molar-refractivity contribution in [2.24, 2.45) is 4.99 Å². The highest BCUT2D eigenvalue weighted by Crippen LogP contribution is 2.32. The lowest BCUT2D eigenvalue weighted by molar-refractivity contribution is -0.137. The fourth-order valence-electron chi connectivity index (χ4n) is 3.16. The molecule has 0 amide bonds. The number of benzene rings is 3. The topological polar surface area (TPSA) is 57.1 Å². The van der Waals surface area contributed by atoms with E-state index in [9.17, 15) is 18.0 Å². The summed E-state index contributed by atoms with van der Waals surface area (Å²) >= 11 is 6.16. The van der Waals surface area contributed by atoms with Gasteiger partial charge in [0, 0.05) is 16.1 Å². The van der Waals surface area contributed by atoms with Crippen LogP contribution in [0.1, 0.15) is 22.3 Å². The number of alkyl halides is 3. The first-order valence-electron chi connectivity index (χ1n) is 9.99. The minimum atomic E-state index is -4.46. The van der Waals surface area contributed by atoms with Gasteiger partial charge in [0.2, 0.25) is 5.90 Å². The van der Waals surface area contributed by atoms with Gasteiger partial charge in [0.15, 0.2) is 17.2 Å². The quantitative estimate of drug-likeness (QED) is 0.303. The number of esters is 1. The van der Waals surface area contributed by atoms with Crippen molar-refractivity contribution in [2.75, 3.05) is 7.11 Å². The van der Waals surface area contributed by atoms with Crippen LogP contribution in [0.15, 0.2) is 77.4 Å². The normalized spacial score (nSPS) is 14.7. The minimum absolute atomic E-state index is 0.00156. The van der Waals surface area contributed by atoms with E-state index < -0.39 is 17.7 Å². The smallest absolute Gasteiger partial charge is 0.416 e. The Labute approximate surface area is 198 Å². The van der Waals surface area contributed by atoms with E-state index in [1.54, 1.807) is 24.3 Å². The Morgan fingerprint density at radius 3 is 2.44 bits per heavy atom. The van der Waals surface area contributed by atoms with Gasteiger partial charge < -0.3 is 14.2 Å². The van der Waals surface area contributed by atoms with Crippen LogP contribution in [0, 0.1) is 0 Å². The number of carbonyl (C=O) groups is 1. The minimum Gasteiger partial charge on any atom is -0.493 e. The fraction of sp³-hybridized carbons (Fsp3) is 0.120. The van der Waals surface area contributed by atoms with Crippen molar-refractivity contribution >= 4 is 29.5 Å². The van der Waals surface area contributed by atoms with E-state index in [1.165, 1.54) is 25.3 Å². The second kappa shape index (κ2) is 9.61. The number of hydrogen-bond donors (Lipinski definition) is 0. The molecule has 0 aliphatic carbocycles. The van der Waals surface area contributed by atoms with E-state index >= 15 is 0 Å². The summed E-state index contributed by atoms with van der Waals surface area (Å²) in [5.41, 5.74) is 0.857. The molecule has 0 aromatic heterocycles. The van der Waals surface area contributed by atoms with E-state index in [4.69, 9.17) is 25.8 Å². The maximum atomic E-state index is 12.8. The summed E-state index contributed by atoms with van der Waals surface area (Å²) in [5, 5.41) is 0.587. The first kappa shape index (κ1) is 23.4. The molecule has 0 fully saturated rings. The third-order valence-electron chi connectivity index (χ3n) is 4.91. The summed E-state index contributed by atoms with van der Waals surface area (Å²) in [6.45, 7) is 0.240. The predicted molar refractivity (Wildman–Crippen MR) is 121 cm³/mol. The molecule has 0 spiro atoms. The van der Waals surface area contributed by atoms with Crippen molar-refractivity contribution in [2.45, 2.75) is 12.8 Å². The molecule has 1 aliphatic heterocycles. The fourth-order valence-corrected chi connectivity index (χ4v) is 3.35. The number of aliphatic imine (C=N–C) groups is 1. The van der Waals surface area contributed by atoms with Gasteiger partial charge in [-0.3, -0.25) is 0 Å². The number of methoxy groups -OCH3 is 1. The second-order valence-electron chi connectivity index (χ2n) is 7.20. The number of cyclic esters (lactones) is 1. The van der Waals surface area contributed by atoms with Gasteiger partial charge in [-0.1, -0.05) is 35.9 Å².